The zero-order valence-corrected chi connectivity index (χ0v) is 16.7. The molecule has 0 aliphatic rings. The van der Waals surface area contributed by atoms with Crippen molar-refractivity contribution in [3.05, 3.63) is 87.3 Å². The molecule has 0 aliphatic heterocycles. The third-order valence-electron chi connectivity index (χ3n) is 4.56. The monoisotopic (exact) mass is 391 g/mol. The molecule has 0 radical (unpaired) electrons. The lowest BCUT2D eigenvalue weighted by Crippen LogP contribution is -2.18. The summed E-state index contributed by atoms with van der Waals surface area (Å²) in [6, 6.07) is 16.7. The van der Waals surface area contributed by atoms with Crippen molar-refractivity contribution in [2.45, 2.75) is 33.1 Å². The van der Waals surface area contributed by atoms with Gasteiger partial charge in [-0.1, -0.05) is 43.7 Å². The number of rotatable bonds is 8. The number of nitrogens with one attached hydrogen (secondary N) is 2. The number of benzene rings is 2. The molecule has 29 heavy (non-hydrogen) atoms. The molecule has 3 rings (SSSR count). The summed E-state index contributed by atoms with van der Waals surface area (Å²) in [6.07, 6.45) is 2.36. The Hall–Kier alpha value is -3.41. The van der Waals surface area contributed by atoms with Gasteiger partial charge in [0, 0.05) is 17.7 Å². The number of hydrogen-bond donors (Lipinski definition) is 2. The number of H-pyrrole nitrogens is 1. The van der Waals surface area contributed by atoms with E-state index in [-0.39, 0.29) is 11.5 Å². The van der Waals surface area contributed by atoms with Gasteiger partial charge in [0.15, 0.2) is 0 Å². The van der Waals surface area contributed by atoms with Crippen molar-refractivity contribution in [2.24, 2.45) is 0 Å². The van der Waals surface area contributed by atoms with Crippen molar-refractivity contribution < 1.29 is 9.53 Å². The van der Waals surface area contributed by atoms with E-state index in [1.807, 2.05) is 44.2 Å². The third-order valence-corrected chi connectivity index (χ3v) is 4.56. The molecule has 2 N–H and O–H groups in total. The normalized spacial score (nSPS) is 10.6. The summed E-state index contributed by atoms with van der Waals surface area (Å²) in [7, 11) is 0. The fourth-order valence-electron chi connectivity index (χ4n) is 2.90. The van der Waals surface area contributed by atoms with Crippen LogP contribution in [0.25, 0.3) is 0 Å². The Morgan fingerprint density at radius 3 is 2.48 bits per heavy atom. The van der Waals surface area contributed by atoms with Crippen LogP contribution >= 0.6 is 0 Å². The molecular weight excluding hydrogens is 366 g/mol. The first-order valence-corrected chi connectivity index (χ1v) is 9.74. The molecule has 0 saturated heterocycles. The van der Waals surface area contributed by atoms with Crippen molar-refractivity contribution >= 4 is 17.6 Å². The minimum atomic E-state index is -0.336. The molecule has 0 bridgehead atoms. The highest BCUT2D eigenvalue weighted by molar-refractivity contribution is 5.89. The number of aromatic amines is 1. The van der Waals surface area contributed by atoms with Gasteiger partial charge in [0.25, 0.3) is 5.56 Å². The summed E-state index contributed by atoms with van der Waals surface area (Å²) in [5.74, 6) is 0.0280. The van der Waals surface area contributed by atoms with Crippen LogP contribution in [-0.2, 0) is 11.2 Å². The van der Waals surface area contributed by atoms with Crippen LogP contribution in [0, 0.1) is 6.92 Å². The van der Waals surface area contributed by atoms with Crippen LogP contribution in [0.15, 0.2) is 59.4 Å². The Kier molecular flexibility index (Phi) is 6.79. The second-order valence-electron chi connectivity index (χ2n) is 6.83. The van der Waals surface area contributed by atoms with Gasteiger partial charge >= 0.3 is 5.97 Å². The summed E-state index contributed by atoms with van der Waals surface area (Å²) in [6.45, 7) is 4.30. The highest BCUT2D eigenvalue weighted by Crippen LogP contribution is 2.16. The molecule has 0 unspecified atom stereocenters. The van der Waals surface area contributed by atoms with Gasteiger partial charge in [-0.3, -0.25) is 9.78 Å². The van der Waals surface area contributed by atoms with Crippen molar-refractivity contribution in [3.63, 3.8) is 0 Å². The molecule has 1 heterocycles. The first-order chi connectivity index (χ1) is 14.1. The van der Waals surface area contributed by atoms with Crippen LogP contribution < -0.4 is 10.9 Å². The molecule has 0 aliphatic carbocycles. The number of aromatic nitrogens is 2. The Balaban J connectivity index is 1.69. The highest BCUT2D eigenvalue weighted by atomic mass is 16.5. The van der Waals surface area contributed by atoms with E-state index < -0.39 is 0 Å². The summed E-state index contributed by atoms with van der Waals surface area (Å²) in [5.41, 5.74) is 3.42. The minimum Gasteiger partial charge on any atom is -0.462 e. The third kappa shape index (κ3) is 5.54. The Morgan fingerprint density at radius 2 is 1.83 bits per heavy atom. The number of esters is 1. The van der Waals surface area contributed by atoms with Crippen molar-refractivity contribution in [1.82, 2.24) is 9.97 Å². The van der Waals surface area contributed by atoms with Gasteiger partial charge in [-0.2, -0.15) is 0 Å². The average molecular weight is 391 g/mol. The zero-order chi connectivity index (χ0) is 20.6. The van der Waals surface area contributed by atoms with Crippen LogP contribution in [-0.4, -0.2) is 22.5 Å². The van der Waals surface area contributed by atoms with E-state index in [1.54, 1.807) is 24.3 Å². The molecule has 0 atom stereocenters. The Morgan fingerprint density at radius 1 is 1.10 bits per heavy atom. The van der Waals surface area contributed by atoms with Gasteiger partial charge in [0.05, 0.1) is 17.9 Å². The second kappa shape index (κ2) is 9.68. The van der Waals surface area contributed by atoms with Crippen LogP contribution in [0.4, 0.5) is 11.6 Å². The summed E-state index contributed by atoms with van der Waals surface area (Å²) < 4.78 is 5.20. The molecule has 2 aromatic carbocycles. The van der Waals surface area contributed by atoms with Gasteiger partial charge < -0.3 is 10.1 Å². The Bertz CT molecular complexity index is 1010. The van der Waals surface area contributed by atoms with Crippen molar-refractivity contribution in [2.75, 3.05) is 11.9 Å². The number of aryl methyl sites for hydroxylation is 1. The summed E-state index contributed by atoms with van der Waals surface area (Å²) in [5, 5.41) is 3.08. The maximum atomic E-state index is 12.5. The number of nitrogens with zero attached hydrogens (tertiary/aromatic N) is 1. The number of hydrogen-bond acceptors (Lipinski definition) is 5. The number of carbonyl (C=O) groups excluding carboxylic acids is 1. The van der Waals surface area contributed by atoms with Crippen LogP contribution in [0.2, 0.25) is 0 Å². The summed E-state index contributed by atoms with van der Waals surface area (Å²) in [4.78, 5) is 31.8. The molecule has 1 aromatic heterocycles. The average Bonchev–Trinajstić information content (AvgIpc) is 2.72. The predicted octanol–water partition coefficient (Wildman–Crippen LogP) is 4.37. The molecule has 150 valence electrons. The van der Waals surface area contributed by atoms with Gasteiger partial charge in [0.2, 0.25) is 5.95 Å². The molecular formula is C23H25N3O3. The van der Waals surface area contributed by atoms with Crippen LogP contribution in [0.3, 0.4) is 0 Å². The molecule has 0 fully saturated rings. The van der Waals surface area contributed by atoms with Crippen LogP contribution in [0.5, 0.6) is 0 Å². The minimum absolute atomic E-state index is 0.167. The molecule has 0 spiro atoms. The van der Waals surface area contributed by atoms with Gasteiger partial charge in [0.1, 0.15) is 0 Å². The van der Waals surface area contributed by atoms with E-state index in [2.05, 4.69) is 15.3 Å². The maximum Gasteiger partial charge on any atom is 0.338 e. The van der Waals surface area contributed by atoms with E-state index in [0.29, 0.717) is 41.5 Å². The number of ether oxygens (including phenoxy) is 1. The van der Waals surface area contributed by atoms with E-state index >= 15 is 0 Å². The van der Waals surface area contributed by atoms with Gasteiger partial charge in [-0.25, -0.2) is 9.78 Å². The topological polar surface area (TPSA) is 84.1 Å². The molecule has 3 aromatic rings. The molecule has 6 heteroatoms. The summed E-state index contributed by atoms with van der Waals surface area (Å²) >= 11 is 0. The number of unbranched alkanes of at least 4 members (excludes halogenated alkanes) is 1. The number of anilines is 2. The second-order valence-corrected chi connectivity index (χ2v) is 6.83. The van der Waals surface area contributed by atoms with Crippen molar-refractivity contribution in [1.29, 1.82) is 0 Å². The quantitative estimate of drug-likeness (QED) is 0.440. The molecule has 6 nitrogen and oxygen atoms in total. The van der Waals surface area contributed by atoms with Crippen molar-refractivity contribution in [3.8, 4) is 0 Å². The standard InChI is InChI=1S/C23H25N3O3/c1-3-4-14-29-22(28)18-10-12-19(13-11-18)25-23-24-16(2)20(21(27)26-23)15-17-8-6-5-7-9-17/h5-13H,3-4,14-15H2,1-2H3,(H2,24,25,26,27). The lowest BCUT2D eigenvalue weighted by Gasteiger charge is -2.10. The van der Waals surface area contributed by atoms with Gasteiger partial charge in [-0.05, 0) is 43.2 Å². The lowest BCUT2D eigenvalue weighted by atomic mass is 10.1. The molecule has 0 saturated carbocycles. The van der Waals surface area contributed by atoms with E-state index in [1.165, 1.54) is 0 Å². The fourth-order valence-corrected chi connectivity index (χ4v) is 2.90. The van der Waals surface area contributed by atoms with E-state index in [0.717, 1.165) is 18.4 Å². The number of carbonyl (C=O) groups is 1. The Labute approximate surface area is 170 Å². The highest BCUT2D eigenvalue weighted by Gasteiger charge is 2.10. The van der Waals surface area contributed by atoms with E-state index in [9.17, 15) is 9.59 Å². The van der Waals surface area contributed by atoms with Crippen LogP contribution in [0.1, 0.15) is 46.9 Å². The maximum absolute atomic E-state index is 12.5. The molecule has 0 amide bonds. The van der Waals surface area contributed by atoms with E-state index in [4.69, 9.17) is 4.74 Å². The SMILES string of the molecule is CCCCOC(=O)c1ccc(Nc2nc(C)c(Cc3ccccc3)c(=O)[nH]2)cc1. The predicted molar refractivity (Wildman–Crippen MR) is 114 cm³/mol. The first kappa shape index (κ1) is 20.3. The first-order valence-electron chi connectivity index (χ1n) is 9.74. The zero-order valence-electron chi connectivity index (χ0n) is 16.7. The largest absolute Gasteiger partial charge is 0.462 e. The smallest absolute Gasteiger partial charge is 0.338 e. The fraction of sp³-hybridized carbons (Fsp3) is 0.261. The lowest BCUT2D eigenvalue weighted by molar-refractivity contribution is 0.0500. The van der Waals surface area contributed by atoms with Gasteiger partial charge in [-0.15, -0.1) is 0 Å².